The van der Waals surface area contributed by atoms with Gasteiger partial charge in [0.25, 0.3) is 0 Å². The summed E-state index contributed by atoms with van der Waals surface area (Å²) in [5.74, 6) is -2.48. The molecule has 0 spiro atoms. The van der Waals surface area contributed by atoms with Gasteiger partial charge < -0.3 is 25.1 Å². The summed E-state index contributed by atoms with van der Waals surface area (Å²) in [5.41, 5.74) is 0. The molecule has 0 aliphatic rings. The van der Waals surface area contributed by atoms with Crippen molar-refractivity contribution in [3.8, 4) is 0 Å². The van der Waals surface area contributed by atoms with Gasteiger partial charge in [0.05, 0.1) is 5.97 Å². The molecule has 0 aliphatic carbocycles. The Labute approximate surface area is 216 Å². The van der Waals surface area contributed by atoms with Gasteiger partial charge in [0.2, 0.25) is 0 Å². The molecule has 1 N–H and O–H groups in total. The van der Waals surface area contributed by atoms with Crippen LogP contribution in [0.3, 0.4) is 0 Å². The summed E-state index contributed by atoms with van der Waals surface area (Å²) >= 11 is 0. The average molecular weight is 414 g/mol. The molecule has 0 aromatic rings. The number of allylic oxidation sites excluding steroid dienone is 2. The van der Waals surface area contributed by atoms with E-state index in [4.69, 9.17) is 0 Å². The Bertz CT molecular complexity index is 393. The summed E-state index contributed by atoms with van der Waals surface area (Å²) in [6.45, 7) is 2.81. The Balaban J connectivity index is -0.00000312. The van der Waals surface area contributed by atoms with Gasteiger partial charge in [-0.3, -0.25) is 0 Å². The van der Waals surface area contributed by atoms with Crippen LogP contribution in [-0.4, -0.2) is 24.5 Å². The second kappa shape index (κ2) is 25.7. The zero-order chi connectivity index (χ0) is 19.5. The zero-order valence-electron chi connectivity index (χ0n) is 18.5. The van der Waals surface area contributed by atoms with E-state index in [1.807, 2.05) is 0 Å². The standard InChI is InChI=1S/C21H39NO4.2Na/c1-2-3-4-5-6-7-8-9-10-11-12-13-14-15-18-22-19(21(25)26)16-17-20(23)24;;/h7-8,19,22H,2-6,9-18H2,1H3,(H,23,24)(H,25,26);;/q;2*+1/p-2/b8-7-;;/t19-;;/m0../s1. The first kappa shape index (κ1) is 33.3. The van der Waals surface area contributed by atoms with E-state index in [0.717, 1.165) is 19.3 Å². The molecule has 0 saturated carbocycles. The quantitative estimate of drug-likeness (QED) is 0.135. The molecule has 0 aromatic carbocycles. The number of aliphatic carboxylic acids is 2. The molecular formula is C21H37NNa2O4. The molecule has 0 aliphatic heterocycles. The molecule has 7 heteroatoms. The second-order valence-corrected chi connectivity index (χ2v) is 6.97. The number of hydrogen-bond acceptors (Lipinski definition) is 5. The fourth-order valence-corrected chi connectivity index (χ4v) is 2.86. The Morgan fingerprint density at radius 1 is 0.821 bits per heavy atom. The molecule has 0 saturated heterocycles. The summed E-state index contributed by atoms with van der Waals surface area (Å²) in [6.07, 6.45) is 18.8. The Hall–Kier alpha value is 0.640. The van der Waals surface area contributed by atoms with Gasteiger partial charge in [0.1, 0.15) is 0 Å². The number of carbonyl (C=O) groups is 2. The fourth-order valence-electron chi connectivity index (χ4n) is 2.86. The Morgan fingerprint density at radius 3 is 1.82 bits per heavy atom. The van der Waals surface area contributed by atoms with E-state index in [2.05, 4.69) is 24.4 Å². The van der Waals surface area contributed by atoms with E-state index in [-0.39, 0.29) is 72.0 Å². The number of hydrogen-bond donors (Lipinski definition) is 1. The summed E-state index contributed by atoms with van der Waals surface area (Å²) in [7, 11) is 0. The number of carbonyl (C=O) groups excluding carboxylic acids is 2. The van der Waals surface area contributed by atoms with Gasteiger partial charge in [0, 0.05) is 12.0 Å². The third-order valence-corrected chi connectivity index (χ3v) is 4.50. The van der Waals surface area contributed by atoms with Crippen LogP contribution in [-0.2, 0) is 9.59 Å². The summed E-state index contributed by atoms with van der Waals surface area (Å²) in [4.78, 5) is 21.3. The molecule has 0 amide bonds. The van der Waals surface area contributed by atoms with Crippen LogP contribution in [0.4, 0.5) is 0 Å². The largest absolute Gasteiger partial charge is 1.00 e. The zero-order valence-corrected chi connectivity index (χ0v) is 22.5. The van der Waals surface area contributed by atoms with E-state index in [9.17, 15) is 19.8 Å². The molecule has 0 bridgehead atoms. The fraction of sp³-hybridized carbons (Fsp3) is 0.810. The molecule has 0 radical (unpaired) electrons. The van der Waals surface area contributed by atoms with Crippen LogP contribution < -0.4 is 74.6 Å². The number of carboxylic acid groups (broad SMARTS) is 2. The topological polar surface area (TPSA) is 92.3 Å². The summed E-state index contributed by atoms with van der Waals surface area (Å²) in [6, 6.07) is -0.901. The first-order chi connectivity index (χ1) is 12.6. The molecule has 0 heterocycles. The molecule has 0 rings (SSSR count). The summed E-state index contributed by atoms with van der Waals surface area (Å²) in [5, 5.41) is 24.1. The van der Waals surface area contributed by atoms with E-state index >= 15 is 0 Å². The molecule has 152 valence electrons. The normalized spacial score (nSPS) is 11.6. The van der Waals surface area contributed by atoms with Crippen LogP contribution in [0.5, 0.6) is 0 Å². The van der Waals surface area contributed by atoms with E-state index in [1.165, 1.54) is 57.8 Å². The van der Waals surface area contributed by atoms with Crippen molar-refractivity contribution < 1.29 is 78.9 Å². The van der Waals surface area contributed by atoms with Crippen LogP contribution in [0.2, 0.25) is 0 Å². The molecule has 28 heavy (non-hydrogen) atoms. The number of unbranched alkanes of at least 4 members (excludes halogenated alkanes) is 10. The minimum atomic E-state index is -1.25. The van der Waals surface area contributed by atoms with Crippen LogP contribution in [0.15, 0.2) is 12.2 Å². The predicted octanol–water partition coefficient (Wildman–Crippen LogP) is -3.51. The minimum absolute atomic E-state index is 0. The third-order valence-electron chi connectivity index (χ3n) is 4.50. The molecule has 0 aromatic heterocycles. The monoisotopic (exact) mass is 413 g/mol. The molecule has 1 atom stereocenters. The van der Waals surface area contributed by atoms with Crippen molar-refractivity contribution in [2.24, 2.45) is 0 Å². The Kier molecular flexibility index (Phi) is 30.5. The summed E-state index contributed by atoms with van der Waals surface area (Å²) < 4.78 is 0. The van der Waals surface area contributed by atoms with Gasteiger partial charge in [0.15, 0.2) is 0 Å². The van der Waals surface area contributed by atoms with Gasteiger partial charge in [-0.25, -0.2) is 0 Å². The number of rotatable bonds is 19. The van der Waals surface area contributed by atoms with Crippen LogP contribution >= 0.6 is 0 Å². The maximum Gasteiger partial charge on any atom is 1.00 e. The van der Waals surface area contributed by atoms with Crippen LogP contribution in [0.25, 0.3) is 0 Å². The Morgan fingerprint density at radius 2 is 1.32 bits per heavy atom. The SMILES string of the molecule is CCCCCC/C=C\CCCCCCCCN[C@@H](CCC(=O)[O-])C(=O)[O-].[Na+].[Na+]. The van der Waals surface area contributed by atoms with Crippen LogP contribution in [0, 0.1) is 0 Å². The molecule has 0 fully saturated rings. The van der Waals surface area contributed by atoms with E-state index < -0.39 is 18.0 Å². The maximum atomic E-state index is 10.9. The number of carboxylic acids is 2. The average Bonchev–Trinajstić information content (AvgIpc) is 2.60. The van der Waals surface area contributed by atoms with Gasteiger partial charge in [-0.2, -0.15) is 0 Å². The first-order valence-corrected chi connectivity index (χ1v) is 10.4. The predicted molar refractivity (Wildman–Crippen MR) is 101 cm³/mol. The third kappa shape index (κ3) is 24.7. The number of nitrogens with one attached hydrogen (secondary N) is 1. The van der Waals surface area contributed by atoms with Crippen molar-refractivity contribution in [2.75, 3.05) is 6.54 Å². The first-order valence-electron chi connectivity index (χ1n) is 10.4. The van der Waals surface area contributed by atoms with Gasteiger partial charge in [-0.15, -0.1) is 0 Å². The van der Waals surface area contributed by atoms with Crippen molar-refractivity contribution in [3.63, 3.8) is 0 Å². The van der Waals surface area contributed by atoms with Gasteiger partial charge in [-0.1, -0.05) is 64.0 Å². The van der Waals surface area contributed by atoms with Crippen molar-refractivity contribution in [2.45, 2.75) is 103 Å². The second-order valence-electron chi connectivity index (χ2n) is 6.97. The minimum Gasteiger partial charge on any atom is -0.550 e. The van der Waals surface area contributed by atoms with Gasteiger partial charge in [-0.05, 0) is 51.5 Å². The van der Waals surface area contributed by atoms with Crippen molar-refractivity contribution in [1.82, 2.24) is 5.32 Å². The maximum absolute atomic E-state index is 10.9. The molecule has 0 unspecified atom stereocenters. The van der Waals surface area contributed by atoms with Crippen molar-refractivity contribution >= 4 is 11.9 Å². The van der Waals surface area contributed by atoms with E-state index in [1.54, 1.807) is 0 Å². The van der Waals surface area contributed by atoms with Crippen molar-refractivity contribution in [1.29, 1.82) is 0 Å². The smallest absolute Gasteiger partial charge is 0.550 e. The van der Waals surface area contributed by atoms with Crippen molar-refractivity contribution in [3.05, 3.63) is 12.2 Å². The molecular weight excluding hydrogens is 376 g/mol. The van der Waals surface area contributed by atoms with E-state index in [0.29, 0.717) is 6.54 Å². The van der Waals surface area contributed by atoms with Gasteiger partial charge >= 0.3 is 59.1 Å². The van der Waals surface area contributed by atoms with Crippen LogP contribution in [0.1, 0.15) is 96.8 Å². The molecule has 5 nitrogen and oxygen atoms in total.